The first-order valence-electron chi connectivity index (χ1n) is 6.32. The van der Waals surface area contributed by atoms with Gasteiger partial charge in [0.05, 0.1) is 0 Å². The first-order valence-corrected chi connectivity index (χ1v) is 12.2. The molecule has 0 aliphatic heterocycles. The Morgan fingerprint density at radius 3 is 1.50 bits per heavy atom. The molecule has 0 radical (unpaired) electrons. The third kappa shape index (κ3) is 13.1. The maximum atomic E-state index is 3.29. The van der Waals surface area contributed by atoms with Crippen LogP contribution < -0.4 is 0 Å². The third-order valence-corrected chi connectivity index (χ3v) is 3.11. The molecule has 2 rings (SSSR count). The Morgan fingerprint density at radius 2 is 1.41 bits per heavy atom. The molecule has 2 aliphatic carbocycles. The van der Waals surface area contributed by atoms with Gasteiger partial charge in [-0.3, -0.25) is 12.2 Å². The first-order chi connectivity index (χ1) is 8.40. The van der Waals surface area contributed by atoms with E-state index in [0.717, 1.165) is 0 Å². The van der Waals surface area contributed by atoms with E-state index in [1.807, 2.05) is 6.88 Å². The molecule has 0 aromatic carbocycles. The molecule has 2 aliphatic rings. The van der Waals surface area contributed by atoms with Crippen LogP contribution in [-0.4, -0.2) is 6.88 Å². The Labute approximate surface area is 169 Å². The molecular formula is C18H32Cl2SiZr-4. The molecular weight excluding hydrogens is 406 g/mol. The molecule has 0 N–H and O–H groups in total. The molecule has 0 nitrogen and oxygen atoms in total. The van der Waals surface area contributed by atoms with Gasteiger partial charge in [-0.25, -0.2) is 22.8 Å². The molecule has 0 amide bonds. The molecule has 2 unspecified atom stereocenters. The summed E-state index contributed by atoms with van der Waals surface area (Å²) in [5.41, 5.74) is 5.42. The number of rotatable bonds is 0. The van der Waals surface area contributed by atoms with E-state index in [2.05, 4.69) is 65.8 Å². The fraction of sp³-hybridized carbons (Fsp3) is 0.444. The van der Waals surface area contributed by atoms with E-state index in [0.29, 0.717) is 11.8 Å². The Bertz CT molecular complexity index is 391. The van der Waals surface area contributed by atoms with Crippen molar-refractivity contribution in [1.29, 1.82) is 0 Å². The predicted molar refractivity (Wildman–Crippen MR) is 107 cm³/mol. The van der Waals surface area contributed by atoms with Gasteiger partial charge in [0.2, 0.25) is 0 Å². The Hall–Kier alpha value is 0.640. The van der Waals surface area contributed by atoms with Crippen molar-refractivity contribution in [3.63, 3.8) is 0 Å². The van der Waals surface area contributed by atoms with Gasteiger partial charge in [0.15, 0.2) is 0 Å². The zero-order valence-electron chi connectivity index (χ0n) is 15.3. The molecule has 2 atom stereocenters. The number of allylic oxidation sites excluding steroid dienone is 8. The molecule has 0 spiro atoms. The van der Waals surface area contributed by atoms with Gasteiger partial charge in [-0.2, -0.15) is 11.6 Å². The average molecular weight is 439 g/mol. The summed E-state index contributed by atoms with van der Waals surface area (Å²) in [6.07, 6.45) is 11.0. The maximum absolute atomic E-state index is 3.29. The summed E-state index contributed by atoms with van der Waals surface area (Å²) in [6.45, 7) is 14.7. The van der Waals surface area contributed by atoms with E-state index < -0.39 is 0 Å². The molecule has 0 fully saturated rings. The van der Waals surface area contributed by atoms with Crippen LogP contribution in [0.2, 0.25) is 0 Å². The molecule has 0 aromatic heterocycles. The molecule has 130 valence electrons. The molecule has 4 heteroatoms. The minimum absolute atomic E-state index is 0. The van der Waals surface area contributed by atoms with E-state index in [4.69, 9.17) is 0 Å². The van der Waals surface area contributed by atoms with Gasteiger partial charge >= 0.3 is 30.2 Å². The fourth-order valence-corrected chi connectivity index (χ4v) is 1.96. The molecule has 0 heterocycles. The van der Waals surface area contributed by atoms with Gasteiger partial charge in [-0.05, 0) is 0 Å². The topological polar surface area (TPSA) is 0 Å². The monoisotopic (exact) mass is 436 g/mol. The predicted octanol–water partition coefficient (Wildman–Crippen LogP) is 5.49. The van der Waals surface area contributed by atoms with Crippen LogP contribution in [0.1, 0.15) is 41.5 Å². The normalized spacial score (nSPS) is 20.2. The van der Waals surface area contributed by atoms with Crippen LogP contribution in [0, 0.1) is 38.8 Å². The summed E-state index contributed by atoms with van der Waals surface area (Å²) >= 11 is 1.58. The van der Waals surface area contributed by atoms with E-state index >= 15 is 0 Å². The van der Waals surface area contributed by atoms with Crippen molar-refractivity contribution < 1.29 is 23.3 Å². The summed E-state index contributed by atoms with van der Waals surface area (Å²) in [5.74, 6) is 1.12. The van der Waals surface area contributed by atoms with E-state index in [1.54, 1.807) is 23.3 Å². The van der Waals surface area contributed by atoms with Crippen LogP contribution in [0.3, 0.4) is 0 Å². The van der Waals surface area contributed by atoms with Crippen molar-refractivity contribution >= 4 is 31.7 Å². The van der Waals surface area contributed by atoms with Crippen LogP contribution in [0.15, 0.2) is 34.4 Å². The van der Waals surface area contributed by atoms with Gasteiger partial charge in [0.1, 0.15) is 0 Å². The van der Waals surface area contributed by atoms with E-state index in [1.165, 1.54) is 22.3 Å². The number of hydrogen-bond donors (Lipinski definition) is 0. The van der Waals surface area contributed by atoms with Crippen LogP contribution >= 0.6 is 24.8 Å². The number of hydrogen-bond acceptors (Lipinski definition) is 0. The van der Waals surface area contributed by atoms with Crippen LogP contribution in [-0.2, 0) is 23.3 Å². The zero-order valence-corrected chi connectivity index (χ0v) is 20.8. The SMILES string of the molecule is CC1=[C-]C(C)C(C)=C1.CC1=[C-]C(C)C=C1C.Cl.Cl.[CH3-].[CH3-].[SiH2]=[Zr]. The summed E-state index contributed by atoms with van der Waals surface area (Å²) < 4.78 is 0. The van der Waals surface area contributed by atoms with Crippen LogP contribution in [0.25, 0.3) is 0 Å². The van der Waals surface area contributed by atoms with Crippen molar-refractivity contribution in [3.8, 4) is 0 Å². The van der Waals surface area contributed by atoms with Gasteiger partial charge in [-0.1, -0.05) is 46.5 Å². The van der Waals surface area contributed by atoms with Gasteiger partial charge in [-0.15, -0.1) is 31.7 Å². The van der Waals surface area contributed by atoms with Crippen LogP contribution in [0.5, 0.6) is 0 Å². The molecule has 0 aromatic rings. The van der Waals surface area contributed by atoms with E-state index in [9.17, 15) is 0 Å². The molecule has 0 saturated carbocycles. The average Bonchev–Trinajstić information content (AvgIpc) is 2.74. The van der Waals surface area contributed by atoms with Gasteiger partial charge < -0.3 is 14.9 Å². The first kappa shape index (κ1) is 34.1. The summed E-state index contributed by atoms with van der Waals surface area (Å²) in [6, 6.07) is 0. The Morgan fingerprint density at radius 1 is 0.955 bits per heavy atom. The number of halogens is 2. The fourth-order valence-electron chi connectivity index (χ4n) is 1.96. The van der Waals surface area contributed by atoms with Crippen LogP contribution in [0.4, 0.5) is 0 Å². The quantitative estimate of drug-likeness (QED) is 0.347. The van der Waals surface area contributed by atoms with Crippen molar-refractivity contribution in [2.24, 2.45) is 11.8 Å². The summed E-state index contributed by atoms with van der Waals surface area (Å²) in [5, 5.41) is 0. The summed E-state index contributed by atoms with van der Waals surface area (Å²) in [4.78, 5) is 0. The second-order valence-corrected chi connectivity index (χ2v) is 4.85. The second-order valence-electron chi connectivity index (χ2n) is 4.85. The zero-order chi connectivity index (χ0) is 14.3. The van der Waals surface area contributed by atoms with Crippen molar-refractivity contribution in [2.75, 3.05) is 0 Å². The van der Waals surface area contributed by atoms with Crippen molar-refractivity contribution in [3.05, 3.63) is 61.4 Å². The van der Waals surface area contributed by atoms with Gasteiger partial charge in [0.25, 0.3) is 0 Å². The Balaban J connectivity index is -0.0000000676. The molecule has 0 saturated heterocycles. The second kappa shape index (κ2) is 18.0. The molecule has 0 bridgehead atoms. The van der Waals surface area contributed by atoms with Gasteiger partial charge in [0, 0.05) is 0 Å². The van der Waals surface area contributed by atoms with Crippen molar-refractivity contribution in [1.82, 2.24) is 0 Å². The standard InChI is InChI=1S/2C8H11.2CH3.2ClH.H2Si.Zr/c2*1-6-4-7(2)8(3)5-6;;;;;;/h4,8H,1-3H3;4,6H,1-3H3;2*1H3;2*1H;1H2;/q4*-1;;;;. The third-order valence-electron chi connectivity index (χ3n) is 3.11. The molecule has 22 heavy (non-hydrogen) atoms. The summed E-state index contributed by atoms with van der Waals surface area (Å²) in [7, 11) is 0. The minimum atomic E-state index is 0. The van der Waals surface area contributed by atoms with E-state index in [-0.39, 0.29) is 39.7 Å². The Kier molecular flexibility index (Phi) is 27.9. The van der Waals surface area contributed by atoms with Crippen molar-refractivity contribution in [2.45, 2.75) is 41.5 Å².